The number of likely N-dealkylation sites (tertiary alicyclic amines) is 1. The van der Waals surface area contributed by atoms with Crippen molar-refractivity contribution < 1.29 is 4.79 Å². The molecule has 3 fully saturated rings. The number of thiazole rings is 1. The molecule has 0 radical (unpaired) electrons. The molecule has 34 heavy (non-hydrogen) atoms. The van der Waals surface area contributed by atoms with Crippen LogP contribution in [0.25, 0.3) is 0 Å². The van der Waals surface area contributed by atoms with E-state index in [1.54, 1.807) is 11.3 Å². The summed E-state index contributed by atoms with van der Waals surface area (Å²) in [7, 11) is 0. The molecule has 2 saturated heterocycles. The van der Waals surface area contributed by atoms with Gasteiger partial charge in [-0.15, -0.1) is 11.3 Å². The fraction of sp³-hybridized carbons (Fsp3) is 0.643. The molecular weight excluding hydrogens is 462 g/mol. The summed E-state index contributed by atoms with van der Waals surface area (Å²) in [4.78, 5) is 22.7. The first-order valence-corrected chi connectivity index (χ1v) is 14.6. The quantitative estimate of drug-likeness (QED) is 0.570. The highest BCUT2D eigenvalue weighted by atomic mass is 35.5. The summed E-state index contributed by atoms with van der Waals surface area (Å²) < 4.78 is 0.633. The van der Waals surface area contributed by atoms with E-state index in [0.29, 0.717) is 28.3 Å². The van der Waals surface area contributed by atoms with E-state index in [1.165, 1.54) is 42.5 Å². The SMILES string of the molecule is O=C(C1CNC[C@]12CCCc1nc(Cl)sc12)N1CC[C@@H](c2ccccc2)C[C@H]1C1CCCCC1. The van der Waals surface area contributed by atoms with E-state index in [9.17, 15) is 4.79 Å². The van der Waals surface area contributed by atoms with E-state index in [2.05, 4.69) is 45.5 Å². The highest BCUT2D eigenvalue weighted by Crippen LogP contribution is 2.50. The molecule has 4 nitrogen and oxygen atoms in total. The second-order valence-corrected chi connectivity index (χ2v) is 12.6. The third-order valence-corrected chi connectivity index (χ3v) is 10.7. The summed E-state index contributed by atoms with van der Waals surface area (Å²) in [6.07, 6.45) is 11.9. The monoisotopic (exact) mass is 497 g/mol. The summed E-state index contributed by atoms with van der Waals surface area (Å²) in [5.41, 5.74) is 2.48. The van der Waals surface area contributed by atoms with Crippen molar-refractivity contribution in [2.75, 3.05) is 19.6 Å². The zero-order chi connectivity index (χ0) is 23.1. The maximum Gasteiger partial charge on any atom is 0.228 e. The maximum absolute atomic E-state index is 14.4. The van der Waals surface area contributed by atoms with Crippen molar-refractivity contribution in [1.82, 2.24) is 15.2 Å². The Balaban J connectivity index is 1.30. The second-order valence-electron chi connectivity index (χ2n) is 11.1. The number of aryl methyl sites for hydroxylation is 1. The number of piperidine rings is 1. The molecule has 4 aliphatic rings. The van der Waals surface area contributed by atoms with E-state index in [4.69, 9.17) is 11.6 Å². The Labute approximate surface area is 212 Å². The van der Waals surface area contributed by atoms with Gasteiger partial charge in [-0.05, 0) is 62.3 Å². The number of halogens is 1. The molecule has 1 amide bonds. The summed E-state index contributed by atoms with van der Waals surface area (Å²) >= 11 is 8.00. The Kier molecular flexibility index (Phi) is 6.46. The standard InChI is InChI=1S/C28H36ClN3OS/c29-27-31-23-12-7-14-28(25(23)34-27)18-30-17-22(28)26(33)32-15-13-21(19-8-3-1-4-9-19)16-24(32)20-10-5-2-6-11-20/h1,3-4,8-9,20-22,24,30H,2,5-7,10-18H2/t21-,22?,24+,28-/m1/s1. The molecule has 1 aromatic heterocycles. The van der Waals surface area contributed by atoms with Crippen LogP contribution in [-0.4, -0.2) is 41.5 Å². The van der Waals surface area contributed by atoms with Crippen LogP contribution in [0.4, 0.5) is 0 Å². The first kappa shape index (κ1) is 23.0. The van der Waals surface area contributed by atoms with E-state index in [1.807, 2.05) is 0 Å². The van der Waals surface area contributed by atoms with Gasteiger partial charge in [-0.1, -0.05) is 61.2 Å². The van der Waals surface area contributed by atoms with Crippen molar-refractivity contribution in [2.45, 2.75) is 81.6 Å². The van der Waals surface area contributed by atoms with Crippen LogP contribution >= 0.6 is 22.9 Å². The third kappa shape index (κ3) is 4.02. The van der Waals surface area contributed by atoms with Gasteiger partial charge >= 0.3 is 0 Å². The number of amides is 1. The number of rotatable bonds is 3. The molecule has 1 aromatic carbocycles. The summed E-state index contributed by atoms with van der Waals surface area (Å²) in [6, 6.07) is 11.4. The maximum atomic E-state index is 14.4. The molecule has 3 heterocycles. The van der Waals surface area contributed by atoms with E-state index in [-0.39, 0.29) is 11.3 Å². The molecule has 0 bridgehead atoms. The molecular formula is C28H36ClN3OS. The van der Waals surface area contributed by atoms with Gasteiger partial charge in [-0.3, -0.25) is 4.79 Å². The Bertz CT molecular complexity index is 1020. The van der Waals surface area contributed by atoms with Gasteiger partial charge in [-0.25, -0.2) is 4.98 Å². The molecule has 1 spiro atoms. The highest BCUT2D eigenvalue weighted by molar-refractivity contribution is 7.16. The number of hydrogen-bond acceptors (Lipinski definition) is 4. The Morgan fingerprint density at radius 3 is 2.76 bits per heavy atom. The van der Waals surface area contributed by atoms with E-state index < -0.39 is 0 Å². The number of aromatic nitrogens is 1. The lowest BCUT2D eigenvalue weighted by atomic mass is 9.68. The number of hydrogen-bond donors (Lipinski definition) is 1. The van der Waals surface area contributed by atoms with Crippen LogP contribution in [0, 0.1) is 11.8 Å². The molecule has 1 unspecified atom stereocenters. The smallest absolute Gasteiger partial charge is 0.228 e. The van der Waals surface area contributed by atoms with E-state index in [0.717, 1.165) is 57.4 Å². The Hall–Kier alpha value is -1.43. The summed E-state index contributed by atoms with van der Waals surface area (Å²) in [6.45, 7) is 2.55. The van der Waals surface area contributed by atoms with Crippen LogP contribution in [0.1, 0.15) is 79.8 Å². The largest absolute Gasteiger partial charge is 0.339 e. The number of benzene rings is 1. The third-order valence-electron chi connectivity index (χ3n) is 9.31. The number of carbonyl (C=O) groups is 1. The topological polar surface area (TPSA) is 45.2 Å². The van der Waals surface area contributed by atoms with Crippen molar-refractivity contribution in [3.05, 3.63) is 50.9 Å². The normalized spacial score (nSPS) is 32.1. The van der Waals surface area contributed by atoms with Gasteiger partial charge in [0.1, 0.15) is 0 Å². The average molecular weight is 498 g/mol. The van der Waals surface area contributed by atoms with Gasteiger partial charge in [0.05, 0.1) is 11.6 Å². The number of carbonyl (C=O) groups excluding carboxylic acids is 1. The van der Waals surface area contributed by atoms with Crippen LogP contribution in [-0.2, 0) is 16.6 Å². The summed E-state index contributed by atoms with van der Waals surface area (Å²) in [5.74, 6) is 1.61. The molecule has 182 valence electrons. The van der Waals surface area contributed by atoms with Crippen molar-refractivity contribution in [3.63, 3.8) is 0 Å². The predicted octanol–water partition coefficient (Wildman–Crippen LogP) is 5.95. The molecule has 2 aliphatic carbocycles. The number of nitrogens with one attached hydrogen (secondary N) is 1. The molecule has 4 atom stereocenters. The molecule has 1 saturated carbocycles. The van der Waals surface area contributed by atoms with Crippen molar-refractivity contribution in [3.8, 4) is 0 Å². The fourth-order valence-electron chi connectivity index (χ4n) is 7.61. The predicted molar refractivity (Wildman–Crippen MR) is 139 cm³/mol. The highest BCUT2D eigenvalue weighted by Gasteiger charge is 2.53. The lowest BCUT2D eigenvalue weighted by molar-refractivity contribution is -0.143. The van der Waals surface area contributed by atoms with Crippen molar-refractivity contribution in [2.24, 2.45) is 11.8 Å². The number of fused-ring (bicyclic) bond motifs is 2. The first-order chi connectivity index (χ1) is 16.7. The zero-order valence-electron chi connectivity index (χ0n) is 20.0. The van der Waals surface area contributed by atoms with Gasteiger partial charge in [0.25, 0.3) is 0 Å². The minimum Gasteiger partial charge on any atom is -0.339 e. The zero-order valence-corrected chi connectivity index (χ0v) is 21.5. The van der Waals surface area contributed by atoms with Gasteiger partial charge in [0, 0.05) is 36.0 Å². The molecule has 1 N–H and O–H groups in total. The van der Waals surface area contributed by atoms with Crippen LogP contribution in [0.5, 0.6) is 0 Å². The van der Waals surface area contributed by atoms with Crippen molar-refractivity contribution >= 4 is 28.8 Å². The molecule has 6 heteroatoms. The second kappa shape index (κ2) is 9.55. The van der Waals surface area contributed by atoms with Gasteiger partial charge < -0.3 is 10.2 Å². The van der Waals surface area contributed by atoms with Crippen molar-refractivity contribution in [1.29, 1.82) is 0 Å². The molecule has 2 aromatic rings. The van der Waals surface area contributed by atoms with Crippen LogP contribution < -0.4 is 5.32 Å². The Morgan fingerprint density at radius 1 is 1.12 bits per heavy atom. The van der Waals surface area contributed by atoms with Crippen LogP contribution in [0.2, 0.25) is 4.47 Å². The number of nitrogens with zero attached hydrogens (tertiary/aromatic N) is 2. The summed E-state index contributed by atoms with van der Waals surface area (Å²) in [5, 5.41) is 3.62. The van der Waals surface area contributed by atoms with Gasteiger partial charge in [0.2, 0.25) is 5.91 Å². The van der Waals surface area contributed by atoms with Crippen LogP contribution in [0.3, 0.4) is 0 Å². The lowest BCUT2D eigenvalue weighted by Crippen LogP contribution is -2.55. The fourth-order valence-corrected chi connectivity index (χ4v) is 9.06. The van der Waals surface area contributed by atoms with E-state index >= 15 is 0 Å². The van der Waals surface area contributed by atoms with Gasteiger partial charge in [0.15, 0.2) is 4.47 Å². The average Bonchev–Trinajstić information content (AvgIpc) is 3.48. The minimum absolute atomic E-state index is 0.00225. The molecule has 6 rings (SSSR count). The molecule has 2 aliphatic heterocycles. The Morgan fingerprint density at radius 2 is 1.94 bits per heavy atom. The first-order valence-electron chi connectivity index (χ1n) is 13.4. The minimum atomic E-state index is -0.122. The van der Waals surface area contributed by atoms with Crippen LogP contribution in [0.15, 0.2) is 30.3 Å². The van der Waals surface area contributed by atoms with Gasteiger partial charge in [-0.2, -0.15) is 0 Å². The lowest BCUT2D eigenvalue weighted by Gasteiger charge is -2.47.